The molecular weight excluding hydrogens is 284 g/mol. The lowest BCUT2D eigenvalue weighted by molar-refractivity contribution is -0.123. The van der Waals surface area contributed by atoms with Gasteiger partial charge in [-0.3, -0.25) is 19.8 Å². The van der Waals surface area contributed by atoms with Crippen LogP contribution in [0, 0.1) is 0 Å². The van der Waals surface area contributed by atoms with E-state index >= 15 is 0 Å². The summed E-state index contributed by atoms with van der Waals surface area (Å²) in [6.07, 6.45) is 1.44. The molecule has 3 amide bonds. The van der Waals surface area contributed by atoms with Crippen LogP contribution in [-0.2, 0) is 9.59 Å². The molecule has 0 aromatic heterocycles. The lowest BCUT2D eigenvalue weighted by Crippen LogP contribution is -2.43. The Morgan fingerprint density at radius 2 is 1.91 bits per heavy atom. The molecule has 2 rings (SSSR count). The highest BCUT2D eigenvalue weighted by Crippen LogP contribution is 2.21. The zero-order chi connectivity index (χ0) is 16.1. The predicted octanol–water partition coefficient (Wildman–Crippen LogP) is 0.136. The van der Waals surface area contributed by atoms with E-state index < -0.39 is 0 Å². The van der Waals surface area contributed by atoms with Crippen LogP contribution in [0.25, 0.3) is 0 Å². The molecule has 7 heteroatoms. The Bertz CT molecular complexity index is 569. The summed E-state index contributed by atoms with van der Waals surface area (Å²) in [5.41, 5.74) is 3.78. The van der Waals surface area contributed by atoms with Crippen molar-refractivity contribution < 1.29 is 14.4 Å². The molecule has 118 valence electrons. The van der Waals surface area contributed by atoms with Crippen molar-refractivity contribution in [2.75, 3.05) is 32.1 Å². The second-order valence-corrected chi connectivity index (χ2v) is 5.31. The fourth-order valence-corrected chi connectivity index (χ4v) is 2.27. The van der Waals surface area contributed by atoms with E-state index in [9.17, 15) is 14.4 Å². The van der Waals surface area contributed by atoms with Crippen LogP contribution in [0.2, 0.25) is 0 Å². The van der Waals surface area contributed by atoms with Gasteiger partial charge in [0.25, 0.3) is 11.8 Å². The number of amides is 3. The van der Waals surface area contributed by atoms with Gasteiger partial charge in [0.2, 0.25) is 5.91 Å². The molecule has 1 saturated heterocycles. The number of anilines is 1. The minimum atomic E-state index is -0.326. The van der Waals surface area contributed by atoms with Gasteiger partial charge in [0, 0.05) is 38.3 Å². The van der Waals surface area contributed by atoms with Crippen molar-refractivity contribution in [3.05, 3.63) is 29.8 Å². The molecule has 1 aliphatic heterocycles. The molecule has 0 aliphatic carbocycles. The van der Waals surface area contributed by atoms with E-state index in [0.29, 0.717) is 12.0 Å². The highest BCUT2D eigenvalue weighted by molar-refractivity contribution is 5.98. The topological polar surface area (TPSA) is 81.8 Å². The van der Waals surface area contributed by atoms with Crippen molar-refractivity contribution in [2.45, 2.75) is 12.8 Å². The molecule has 0 unspecified atom stereocenters. The lowest BCUT2D eigenvalue weighted by Gasteiger charge is -2.16. The molecule has 22 heavy (non-hydrogen) atoms. The second-order valence-electron chi connectivity index (χ2n) is 5.31. The van der Waals surface area contributed by atoms with Crippen LogP contribution in [0.3, 0.4) is 0 Å². The summed E-state index contributed by atoms with van der Waals surface area (Å²) in [6.45, 7) is 0.623. The van der Waals surface area contributed by atoms with Crippen molar-refractivity contribution in [1.82, 2.24) is 15.8 Å². The number of carbonyl (C=O) groups excluding carboxylic acids is 3. The van der Waals surface area contributed by atoms with Crippen molar-refractivity contribution in [3.8, 4) is 0 Å². The first-order valence-corrected chi connectivity index (χ1v) is 7.13. The first kappa shape index (κ1) is 16.0. The number of nitrogens with zero attached hydrogens (tertiary/aromatic N) is 2. The van der Waals surface area contributed by atoms with Crippen molar-refractivity contribution in [3.63, 3.8) is 0 Å². The number of hydrogen-bond donors (Lipinski definition) is 2. The highest BCUT2D eigenvalue weighted by Gasteiger charge is 2.21. The quantitative estimate of drug-likeness (QED) is 0.758. The van der Waals surface area contributed by atoms with E-state index in [4.69, 9.17) is 0 Å². The van der Waals surface area contributed by atoms with Gasteiger partial charge in [-0.05, 0) is 30.7 Å². The summed E-state index contributed by atoms with van der Waals surface area (Å²) < 4.78 is 0. The zero-order valence-corrected chi connectivity index (χ0v) is 12.8. The summed E-state index contributed by atoms with van der Waals surface area (Å²) in [7, 11) is 3.39. The number of hydrogen-bond acceptors (Lipinski definition) is 4. The molecule has 2 N–H and O–H groups in total. The van der Waals surface area contributed by atoms with Crippen LogP contribution < -0.4 is 15.6 Å². The van der Waals surface area contributed by atoms with E-state index in [2.05, 4.69) is 10.7 Å². The number of hydrazine groups is 1. The van der Waals surface area contributed by atoms with E-state index in [-0.39, 0.29) is 24.3 Å². The Morgan fingerprint density at radius 3 is 2.45 bits per heavy atom. The Hall–Kier alpha value is -2.41. The summed E-state index contributed by atoms with van der Waals surface area (Å²) in [6, 6.07) is 6.80. The minimum Gasteiger partial charge on any atom is -0.343 e. The maximum Gasteiger partial charge on any atom is 0.253 e. The predicted molar refractivity (Wildman–Crippen MR) is 82.2 cm³/mol. The zero-order valence-electron chi connectivity index (χ0n) is 12.8. The van der Waals surface area contributed by atoms with E-state index in [1.807, 2.05) is 0 Å². The van der Waals surface area contributed by atoms with Crippen molar-refractivity contribution in [1.29, 1.82) is 0 Å². The van der Waals surface area contributed by atoms with Crippen molar-refractivity contribution in [2.24, 2.45) is 0 Å². The van der Waals surface area contributed by atoms with Gasteiger partial charge in [0.05, 0.1) is 6.54 Å². The third kappa shape index (κ3) is 4.05. The fourth-order valence-electron chi connectivity index (χ4n) is 2.27. The van der Waals surface area contributed by atoms with Crippen LogP contribution in [0.1, 0.15) is 23.2 Å². The smallest absolute Gasteiger partial charge is 0.253 e. The van der Waals surface area contributed by atoms with Crippen LogP contribution in [0.15, 0.2) is 24.3 Å². The number of benzene rings is 1. The van der Waals surface area contributed by atoms with Gasteiger partial charge in [0.1, 0.15) is 0 Å². The number of nitrogens with one attached hydrogen (secondary N) is 2. The SMILES string of the molecule is CN(C)NC(=O)CNC(=O)c1ccc(N2CCCC2=O)cc1. The Balaban J connectivity index is 1.91. The van der Waals surface area contributed by atoms with Crippen LogP contribution >= 0.6 is 0 Å². The monoisotopic (exact) mass is 304 g/mol. The molecule has 1 heterocycles. The van der Waals surface area contributed by atoms with E-state index in [1.54, 1.807) is 43.3 Å². The first-order chi connectivity index (χ1) is 10.5. The van der Waals surface area contributed by atoms with Crippen LogP contribution in [0.4, 0.5) is 5.69 Å². The Labute approximate surface area is 129 Å². The summed E-state index contributed by atoms with van der Waals surface area (Å²) >= 11 is 0. The van der Waals surface area contributed by atoms with Gasteiger partial charge >= 0.3 is 0 Å². The fraction of sp³-hybridized carbons (Fsp3) is 0.400. The molecule has 0 radical (unpaired) electrons. The normalized spacial score (nSPS) is 14.3. The van der Waals surface area contributed by atoms with E-state index in [0.717, 1.165) is 18.7 Å². The first-order valence-electron chi connectivity index (χ1n) is 7.13. The largest absolute Gasteiger partial charge is 0.343 e. The minimum absolute atomic E-state index is 0.0939. The third-order valence-corrected chi connectivity index (χ3v) is 3.27. The number of carbonyl (C=O) groups is 3. The molecule has 1 aromatic rings. The molecule has 0 saturated carbocycles. The molecule has 0 atom stereocenters. The van der Waals surface area contributed by atoms with Crippen molar-refractivity contribution >= 4 is 23.4 Å². The summed E-state index contributed by atoms with van der Waals surface area (Å²) in [4.78, 5) is 36.8. The third-order valence-electron chi connectivity index (χ3n) is 3.27. The van der Waals surface area contributed by atoms with Gasteiger partial charge in [-0.1, -0.05) is 0 Å². The molecule has 0 spiro atoms. The van der Waals surface area contributed by atoms with Crippen LogP contribution in [0.5, 0.6) is 0 Å². The molecular formula is C15H20N4O3. The lowest BCUT2D eigenvalue weighted by atomic mass is 10.2. The van der Waals surface area contributed by atoms with Gasteiger partial charge < -0.3 is 10.2 Å². The molecule has 1 aromatic carbocycles. The second kappa shape index (κ2) is 7.04. The van der Waals surface area contributed by atoms with E-state index in [1.165, 1.54) is 5.01 Å². The number of rotatable bonds is 5. The van der Waals surface area contributed by atoms with Gasteiger partial charge in [-0.2, -0.15) is 0 Å². The maximum atomic E-state index is 11.9. The Kier molecular flexibility index (Phi) is 5.11. The summed E-state index contributed by atoms with van der Waals surface area (Å²) in [5, 5.41) is 4.05. The highest BCUT2D eigenvalue weighted by atomic mass is 16.2. The maximum absolute atomic E-state index is 11.9. The average molecular weight is 304 g/mol. The molecule has 0 bridgehead atoms. The van der Waals surface area contributed by atoms with Gasteiger partial charge in [-0.25, -0.2) is 5.01 Å². The van der Waals surface area contributed by atoms with Gasteiger partial charge in [-0.15, -0.1) is 0 Å². The molecule has 7 nitrogen and oxygen atoms in total. The standard InChI is InChI=1S/C15H20N4O3/c1-18(2)17-13(20)10-16-15(22)11-5-7-12(8-6-11)19-9-3-4-14(19)21/h5-8H,3-4,9-10H2,1-2H3,(H,16,22)(H,17,20). The molecule has 1 fully saturated rings. The molecule has 1 aliphatic rings. The van der Waals surface area contributed by atoms with Gasteiger partial charge in [0.15, 0.2) is 0 Å². The van der Waals surface area contributed by atoms with Crippen LogP contribution in [-0.4, -0.2) is 49.9 Å². The Morgan fingerprint density at radius 1 is 1.23 bits per heavy atom. The summed E-state index contributed by atoms with van der Waals surface area (Å²) in [5.74, 6) is -0.511. The average Bonchev–Trinajstić information content (AvgIpc) is 2.90.